The molecule has 1 aromatic heterocycles. The lowest BCUT2D eigenvalue weighted by molar-refractivity contribution is 0.292. The zero-order valence-electron chi connectivity index (χ0n) is 14.4. The van der Waals surface area contributed by atoms with Gasteiger partial charge in [0, 0.05) is 16.7 Å². The van der Waals surface area contributed by atoms with Crippen molar-refractivity contribution in [3.8, 4) is 0 Å². The molecular formula is C19H21Br2N3S. The van der Waals surface area contributed by atoms with Gasteiger partial charge in [-0.05, 0) is 54.9 Å². The molecule has 4 rings (SSSR count). The topological polar surface area (TPSA) is 29.6 Å². The molecule has 25 heavy (non-hydrogen) atoms. The number of para-hydroxylation sites is 1. The van der Waals surface area contributed by atoms with Crippen LogP contribution in [0.2, 0.25) is 0 Å². The number of aromatic nitrogens is 1. The number of nitrogens with zero attached hydrogens (tertiary/aromatic N) is 3. The van der Waals surface area contributed by atoms with Crippen LogP contribution in [-0.4, -0.2) is 19.9 Å². The standard InChI is InChI=1S/C19H21Br2N3S/c1-19-9-7-12(11-13(19)17(21)14(20)8-10-19)22-23-18-24(2)15-5-3-4-6-16(15)25-18/h3-6,11,14,17H,7-10H2,1-2H3/b22-12+,23-18+. The quantitative estimate of drug-likeness (QED) is 0.377. The lowest BCUT2D eigenvalue weighted by atomic mass is 9.66. The van der Waals surface area contributed by atoms with Crippen LogP contribution in [0.25, 0.3) is 10.2 Å². The number of thiazole rings is 1. The number of allylic oxidation sites excluding steroid dienone is 2. The van der Waals surface area contributed by atoms with Gasteiger partial charge >= 0.3 is 0 Å². The number of benzene rings is 1. The first-order valence-electron chi connectivity index (χ1n) is 8.63. The predicted octanol–water partition coefficient (Wildman–Crippen LogP) is 5.54. The van der Waals surface area contributed by atoms with Crippen molar-refractivity contribution >= 4 is 59.1 Å². The molecule has 0 bridgehead atoms. The SMILES string of the molecule is Cn1/c(=N\N=C2\C=C3C(Br)C(Br)CCC3(C)CC2)sc2ccccc21. The third kappa shape index (κ3) is 3.21. The molecule has 1 fully saturated rings. The molecular weight excluding hydrogens is 462 g/mol. The minimum atomic E-state index is 0.305. The van der Waals surface area contributed by atoms with E-state index in [2.05, 4.69) is 90.9 Å². The van der Waals surface area contributed by atoms with Gasteiger partial charge in [-0.3, -0.25) is 0 Å². The van der Waals surface area contributed by atoms with E-state index in [1.807, 2.05) is 0 Å². The maximum absolute atomic E-state index is 4.61. The summed E-state index contributed by atoms with van der Waals surface area (Å²) in [5.74, 6) is 0. The molecule has 1 saturated carbocycles. The van der Waals surface area contributed by atoms with Crippen LogP contribution in [0, 0.1) is 5.41 Å². The Morgan fingerprint density at radius 1 is 1.20 bits per heavy atom. The first-order chi connectivity index (χ1) is 12.0. The van der Waals surface area contributed by atoms with Crippen molar-refractivity contribution in [2.24, 2.45) is 22.7 Å². The first-order valence-corrected chi connectivity index (χ1v) is 11.3. The summed E-state index contributed by atoms with van der Waals surface area (Å²) in [6.45, 7) is 2.39. The van der Waals surface area contributed by atoms with E-state index in [1.54, 1.807) is 11.3 Å². The van der Waals surface area contributed by atoms with Crippen molar-refractivity contribution in [2.75, 3.05) is 0 Å². The number of rotatable bonds is 1. The first kappa shape index (κ1) is 17.7. The van der Waals surface area contributed by atoms with Crippen LogP contribution in [-0.2, 0) is 7.05 Å². The van der Waals surface area contributed by atoms with Gasteiger partial charge in [0.05, 0.1) is 15.9 Å². The molecule has 3 atom stereocenters. The van der Waals surface area contributed by atoms with E-state index in [-0.39, 0.29) is 0 Å². The highest BCUT2D eigenvalue weighted by atomic mass is 79.9. The van der Waals surface area contributed by atoms with Crippen LogP contribution < -0.4 is 4.80 Å². The zero-order valence-corrected chi connectivity index (χ0v) is 18.4. The summed E-state index contributed by atoms with van der Waals surface area (Å²) in [5, 5.41) is 9.18. The summed E-state index contributed by atoms with van der Waals surface area (Å²) in [6, 6.07) is 8.39. The largest absolute Gasteiger partial charge is 0.318 e. The minimum absolute atomic E-state index is 0.305. The number of hydrogen-bond acceptors (Lipinski definition) is 3. The molecule has 6 heteroatoms. The summed E-state index contributed by atoms with van der Waals surface area (Å²) in [6.07, 6.45) is 6.91. The lowest BCUT2D eigenvalue weighted by Gasteiger charge is -2.44. The molecule has 2 aliphatic rings. The Kier molecular flexibility index (Phi) is 4.80. The Hall–Kier alpha value is -0.720. The molecule has 0 radical (unpaired) electrons. The highest BCUT2D eigenvalue weighted by Gasteiger charge is 2.42. The van der Waals surface area contributed by atoms with Gasteiger partial charge < -0.3 is 4.57 Å². The third-order valence-corrected chi connectivity index (χ3v) is 9.45. The van der Waals surface area contributed by atoms with Crippen molar-refractivity contribution in [1.82, 2.24) is 4.57 Å². The number of alkyl halides is 2. The summed E-state index contributed by atoms with van der Waals surface area (Å²) in [4.78, 5) is 1.83. The van der Waals surface area contributed by atoms with Crippen LogP contribution in [0.5, 0.6) is 0 Å². The maximum Gasteiger partial charge on any atom is 0.211 e. The number of halogens is 2. The van der Waals surface area contributed by atoms with Crippen LogP contribution in [0.4, 0.5) is 0 Å². The number of hydrogen-bond donors (Lipinski definition) is 0. The second kappa shape index (κ2) is 6.78. The van der Waals surface area contributed by atoms with Gasteiger partial charge in [-0.25, -0.2) is 0 Å². The van der Waals surface area contributed by atoms with Crippen LogP contribution in [0.15, 0.2) is 46.1 Å². The van der Waals surface area contributed by atoms with E-state index in [0.717, 1.165) is 23.4 Å². The Morgan fingerprint density at radius 2 is 2.00 bits per heavy atom. The summed E-state index contributed by atoms with van der Waals surface area (Å²) in [5.41, 5.74) is 4.08. The smallest absolute Gasteiger partial charge is 0.211 e. The average Bonchev–Trinajstić information content (AvgIpc) is 2.94. The van der Waals surface area contributed by atoms with Gasteiger partial charge in [-0.1, -0.05) is 62.3 Å². The molecule has 0 saturated heterocycles. The third-order valence-electron chi connectivity index (χ3n) is 5.52. The fourth-order valence-electron chi connectivity index (χ4n) is 3.82. The van der Waals surface area contributed by atoms with Gasteiger partial charge in [-0.2, -0.15) is 5.10 Å². The van der Waals surface area contributed by atoms with E-state index in [4.69, 9.17) is 0 Å². The van der Waals surface area contributed by atoms with Crippen LogP contribution >= 0.6 is 43.2 Å². The second-order valence-electron chi connectivity index (χ2n) is 7.22. The zero-order chi connectivity index (χ0) is 17.6. The van der Waals surface area contributed by atoms with Gasteiger partial charge in [0.15, 0.2) is 0 Å². The molecule has 0 aliphatic heterocycles. The number of fused-ring (bicyclic) bond motifs is 2. The molecule has 1 aromatic carbocycles. The Bertz CT molecular complexity index is 940. The minimum Gasteiger partial charge on any atom is -0.318 e. The van der Waals surface area contributed by atoms with E-state index >= 15 is 0 Å². The highest BCUT2D eigenvalue weighted by Crippen LogP contribution is 2.50. The van der Waals surface area contributed by atoms with E-state index in [1.165, 1.54) is 28.6 Å². The molecule has 0 N–H and O–H groups in total. The maximum atomic E-state index is 4.61. The Morgan fingerprint density at radius 3 is 2.80 bits per heavy atom. The highest BCUT2D eigenvalue weighted by molar-refractivity contribution is 9.12. The van der Waals surface area contributed by atoms with E-state index in [9.17, 15) is 0 Å². The van der Waals surface area contributed by atoms with Crippen molar-refractivity contribution in [3.63, 3.8) is 0 Å². The molecule has 1 heterocycles. The summed E-state index contributed by atoms with van der Waals surface area (Å²) in [7, 11) is 2.05. The van der Waals surface area contributed by atoms with E-state index < -0.39 is 0 Å². The lowest BCUT2D eigenvalue weighted by Crippen LogP contribution is -2.38. The van der Waals surface area contributed by atoms with Crippen molar-refractivity contribution < 1.29 is 0 Å². The average molecular weight is 483 g/mol. The molecule has 0 amide bonds. The summed E-state index contributed by atoms with van der Waals surface area (Å²) >= 11 is 9.39. The van der Waals surface area contributed by atoms with Crippen molar-refractivity contribution in [3.05, 3.63) is 40.7 Å². The van der Waals surface area contributed by atoms with Crippen molar-refractivity contribution in [1.29, 1.82) is 0 Å². The number of aryl methyl sites for hydroxylation is 1. The molecule has 2 aromatic rings. The van der Waals surface area contributed by atoms with Crippen LogP contribution in [0.1, 0.15) is 32.6 Å². The van der Waals surface area contributed by atoms with Gasteiger partial charge in [0.2, 0.25) is 4.80 Å². The molecule has 0 spiro atoms. The predicted molar refractivity (Wildman–Crippen MR) is 114 cm³/mol. The Balaban J connectivity index is 1.72. The van der Waals surface area contributed by atoms with Gasteiger partial charge in [0.1, 0.15) is 0 Å². The fraction of sp³-hybridized carbons (Fsp3) is 0.474. The van der Waals surface area contributed by atoms with E-state index in [0.29, 0.717) is 15.1 Å². The monoisotopic (exact) mass is 481 g/mol. The molecule has 3 unspecified atom stereocenters. The molecule has 3 nitrogen and oxygen atoms in total. The van der Waals surface area contributed by atoms with Crippen molar-refractivity contribution in [2.45, 2.75) is 42.3 Å². The van der Waals surface area contributed by atoms with Crippen LogP contribution in [0.3, 0.4) is 0 Å². The molecule has 132 valence electrons. The van der Waals surface area contributed by atoms with Gasteiger partial charge in [-0.15, -0.1) is 5.10 Å². The molecule has 2 aliphatic carbocycles. The van der Waals surface area contributed by atoms with Gasteiger partial charge in [0.25, 0.3) is 0 Å². The second-order valence-corrected chi connectivity index (χ2v) is 10.4. The Labute approximate surface area is 168 Å². The normalized spacial score (nSPS) is 32.1. The summed E-state index contributed by atoms with van der Waals surface area (Å²) < 4.78 is 3.36. The fourth-order valence-corrected chi connectivity index (χ4v) is 6.25.